The van der Waals surface area contributed by atoms with Crippen molar-refractivity contribution < 1.29 is 4.21 Å². The summed E-state index contributed by atoms with van der Waals surface area (Å²) in [7, 11) is -1.32. The standard InChI is InChI=1S/C16H15ClN2OS/c1-3-12-10-14-15(17)8-9-18-16(14)19(12)21(20)13-6-4-11(2)5-7-13/h4-10H,3H2,1-2H3. The van der Waals surface area contributed by atoms with Crippen LogP contribution in [-0.4, -0.2) is 13.2 Å². The third-order valence-corrected chi connectivity index (χ3v) is 5.17. The average molecular weight is 319 g/mol. The molecule has 3 rings (SSSR count). The van der Waals surface area contributed by atoms with E-state index in [1.165, 1.54) is 0 Å². The summed E-state index contributed by atoms with van der Waals surface area (Å²) in [5.41, 5.74) is 2.77. The van der Waals surface area contributed by atoms with Crippen molar-refractivity contribution in [2.24, 2.45) is 0 Å². The molecule has 1 aromatic carbocycles. The zero-order valence-electron chi connectivity index (χ0n) is 11.8. The molecule has 0 amide bonds. The normalized spacial score (nSPS) is 12.7. The second-order valence-corrected chi connectivity index (χ2v) is 6.62. The molecule has 0 saturated carbocycles. The molecule has 1 unspecified atom stereocenters. The first kappa shape index (κ1) is 14.3. The highest BCUT2D eigenvalue weighted by atomic mass is 35.5. The van der Waals surface area contributed by atoms with Crippen LogP contribution in [0, 0.1) is 6.92 Å². The molecule has 5 heteroatoms. The van der Waals surface area contributed by atoms with E-state index in [-0.39, 0.29) is 0 Å². The quantitative estimate of drug-likeness (QED) is 0.727. The van der Waals surface area contributed by atoms with Gasteiger partial charge in [-0.1, -0.05) is 36.2 Å². The van der Waals surface area contributed by atoms with Crippen molar-refractivity contribution in [1.82, 2.24) is 8.96 Å². The number of aryl methyl sites for hydroxylation is 2. The number of benzene rings is 1. The van der Waals surface area contributed by atoms with Gasteiger partial charge in [-0.15, -0.1) is 0 Å². The van der Waals surface area contributed by atoms with Crippen molar-refractivity contribution in [3.63, 3.8) is 0 Å². The number of halogens is 1. The number of nitrogens with zero attached hydrogens (tertiary/aromatic N) is 2. The fourth-order valence-corrected chi connectivity index (χ4v) is 3.76. The minimum Gasteiger partial charge on any atom is -0.243 e. The van der Waals surface area contributed by atoms with Crippen LogP contribution in [0.3, 0.4) is 0 Å². The van der Waals surface area contributed by atoms with E-state index in [0.29, 0.717) is 10.7 Å². The maximum Gasteiger partial charge on any atom is 0.158 e. The van der Waals surface area contributed by atoms with Gasteiger partial charge in [0.05, 0.1) is 9.92 Å². The van der Waals surface area contributed by atoms with Crippen LogP contribution in [-0.2, 0) is 17.4 Å². The number of fused-ring (bicyclic) bond motifs is 1. The second kappa shape index (κ2) is 5.62. The molecular formula is C16H15ClN2OS. The smallest absolute Gasteiger partial charge is 0.158 e. The first-order valence-corrected chi connectivity index (χ1v) is 8.24. The molecule has 0 fully saturated rings. The Morgan fingerprint density at radius 3 is 2.62 bits per heavy atom. The van der Waals surface area contributed by atoms with Crippen molar-refractivity contribution in [2.45, 2.75) is 25.2 Å². The maximum absolute atomic E-state index is 12.9. The predicted molar refractivity (Wildman–Crippen MR) is 87.1 cm³/mol. The number of hydrogen-bond acceptors (Lipinski definition) is 2. The van der Waals surface area contributed by atoms with E-state index in [1.807, 2.05) is 44.2 Å². The lowest BCUT2D eigenvalue weighted by Crippen LogP contribution is -2.08. The van der Waals surface area contributed by atoms with Crippen molar-refractivity contribution in [3.05, 3.63) is 58.9 Å². The van der Waals surface area contributed by atoms with Gasteiger partial charge in [0.1, 0.15) is 0 Å². The van der Waals surface area contributed by atoms with Crippen LogP contribution in [0.4, 0.5) is 0 Å². The lowest BCUT2D eigenvalue weighted by molar-refractivity contribution is 0.676. The Hall–Kier alpha value is -1.65. The first-order chi connectivity index (χ1) is 10.1. The van der Waals surface area contributed by atoms with Gasteiger partial charge in [-0.05, 0) is 37.6 Å². The highest BCUT2D eigenvalue weighted by Gasteiger charge is 2.17. The molecule has 1 atom stereocenters. The molecule has 0 spiro atoms. The van der Waals surface area contributed by atoms with Gasteiger partial charge in [0.2, 0.25) is 0 Å². The van der Waals surface area contributed by atoms with E-state index in [9.17, 15) is 4.21 Å². The molecule has 108 valence electrons. The van der Waals surface area contributed by atoms with E-state index in [1.54, 1.807) is 16.2 Å². The third-order valence-electron chi connectivity index (χ3n) is 3.43. The van der Waals surface area contributed by atoms with E-state index in [0.717, 1.165) is 28.0 Å². The summed E-state index contributed by atoms with van der Waals surface area (Å²) >= 11 is 6.22. The molecule has 21 heavy (non-hydrogen) atoms. The van der Waals surface area contributed by atoms with E-state index in [2.05, 4.69) is 4.98 Å². The van der Waals surface area contributed by atoms with Crippen molar-refractivity contribution >= 4 is 33.6 Å². The van der Waals surface area contributed by atoms with Crippen LogP contribution in [0.15, 0.2) is 47.5 Å². The lowest BCUT2D eigenvalue weighted by Gasteiger charge is -2.08. The molecule has 3 nitrogen and oxygen atoms in total. The highest BCUT2D eigenvalue weighted by Crippen LogP contribution is 2.27. The van der Waals surface area contributed by atoms with E-state index < -0.39 is 11.0 Å². The number of rotatable bonds is 3. The largest absolute Gasteiger partial charge is 0.243 e. The second-order valence-electron chi connectivity index (χ2n) is 4.88. The van der Waals surface area contributed by atoms with Crippen molar-refractivity contribution in [2.75, 3.05) is 0 Å². The van der Waals surface area contributed by atoms with Crippen LogP contribution >= 0.6 is 11.6 Å². The minimum absolute atomic E-state index is 0.634. The maximum atomic E-state index is 12.9. The molecular weight excluding hydrogens is 304 g/mol. The summed E-state index contributed by atoms with van der Waals surface area (Å²) in [5.74, 6) is 0. The van der Waals surface area contributed by atoms with Gasteiger partial charge in [-0.25, -0.2) is 13.2 Å². The zero-order chi connectivity index (χ0) is 15.0. The molecule has 0 aliphatic heterocycles. The fourth-order valence-electron chi connectivity index (χ4n) is 2.29. The Morgan fingerprint density at radius 2 is 1.95 bits per heavy atom. The predicted octanol–water partition coefficient (Wildman–Crippen LogP) is 4.13. The van der Waals surface area contributed by atoms with Gasteiger partial charge in [-0.3, -0.25) is 0 Å². The Balaban J connectivity index is 2.21. The molecule has 2 heterocycles. The molecule has 3 aromatic rings. The van der Waals surface area contributed by atoms with Crippen LogP contribution in [0.5, 0.6) is 0 Å². The van der Waals surface area contributed by atoms with Gasteiger partial charge in [0, 0.05) is 17.3 Å². The summed E-state index contributed by atoms with van der Waals surface area (Å²) in [6, 6.07) is 11.4. The topological polar surface area (TPSA) is 34.9 Å². The summed E-state index contributed by atoms with van der Waals surface area (Å²) < 4.78 is 14.7. The molecule has 0 N–H and O–H groups in total. The van der Waals surface area contributed by atoms with Gasteiger partial charge in [0.15, 0.2) is 16.6 Å². The molecule has 0 bridgehead atoms. The van der Waals surface area contributed by atoms with Gasteiger partial charge in [0.25, 0.3) is 0 Å². The van der Waals surface area contributed by atoms with Gasteiger partial charge >= 0.3 is 0 Å². The number of hydrogen-bond donors (Lipinski definition) is 0. The van der Waals surface area contributed by atoms with Crippen molar-refractivity contribution in [3.8, 4) is 0 Å². The fraction of sp³-hybridized carbons (Fsp3) is 0.188. The monoisotopic (exact) mass is 318 g/mol. The highest BCUT2D eigenvalue weighted by molar-refractivity contribution is 7.83. The summed E-state index contributed by atoms with van der Waals surface area (Å²) in [5, 5.41) is 1.48. The van der Waals surface area contributed by atoms with Crippen LogP contribution in [0.1, 0.15) is 18.2 Å². The Morgan fingerprint density at radius 1 is 1.24 bits per heavy atom. The van der Waals surface area contributed by atoms with Gasteiger partial charge < -0.3 is 0 Å². The number of aromatic nitrogens is 2. The Kier molecular flexibility index (Phi) is 3.83. The zero-order valence-corrected chi connectivity index (χ0v) is 13.4. The first-order valence-electron chi connectivity index (χ1n) is 6.75. The Labute approximate surface area is 131 Å². The van der Waals surface area contributed by atoms with Crippen LogP contribution < -0.4 is 0 Å². The van der Waals surface area contributed by atoms with E-state index >= 15 is 0 Å². The van der Waals surface area contributed by atoms with Crippen LogP contribution in [0.25, 0.3) is 11.0 Å². The average Bonchev–Trinajstić information content (AvgIpc) is 2.87. The minimum atomic E-state index is -1.32. The summed E-state index contributed by atoms with van der Waals surface area (Å²) in [4.78, 5) is 5.12. The third kappa shape index (κ3) is 2.49. The molecule has 0 saturated heterocycles. The number of pyridine rings is 1. The lowest BCUT2D eigenvalue weighted by atomic mass is 10.2. The summed E-state index contributed by atoms with van der Waals surface area (Å²) in [6.45, 7) is 4.04. The Bertz CT molecular complexity index is 824. The van der Waals surface area contributed by atoms with E-state index in [4.69, 9.17) is 11.6 Å². The molecule has 0 radical (unpaired) electrons. The SMILES string of the molecule is CCc1cc2c(Cl)ccnc2n1S(=O)c1ccc(C)cc1. The summed E-state index contributed by atoms with van der Waals surface area (Å²) in [6.07, 6.45) is 2.41. The van der Waals surface area contributed by atoms with Crippen molar-refractivity contribution in [1.29, 1.82) is 0 Å². The molecule has 2 aromatic heterocycles. The van der Waals surface area contributed by atoms with Gasteiger partial charge in [-0.2, -0.15) is 0 Å². The molecule has 0 aliphatic carbocycles. The van der Waals surface area contributed by atoms with Crippen LogP contribution in [0.2, 0.25) is 5.02 Å². The molecule has 0 aliphatic rings.